The molecule has 0 radical (unpaired) electrons. The molecule has 0 atom stereocenters. The molecule has 0 heterocycles. The predicted molar refractivity (Wildman–Crippen MR) is 79.6 cm³/mol. The van der Waals surface area contributed by atoms with Crippen LogP contribution in [0.15, 0.2) is 0 Å². The van der Waals surface area contributed by atoms with E-state index in [1.54, 1.807) is 0 Å². The quantitative estimate of drug-likeness (QED) is 0.422. The highest BCUT2D eigenvalue weighted by Crippen LogP contribution is 2.09. The van der Waals surface area contributed by atoms with Crippen LogP contribution < -0.4 is 0 Å². The average Bonchev–Trinajstić information content (AvgIpc) is 2.31. The van der Waals surface area contributed by atoms with Crippen molar-refractivity contribution in [2.45, 2.75) is 91.5 Å². The van der Waals surface area contributed by atoms with Crippen molar-refractivity contribution < 1.29 is 0 Å². The topological polar surface area (TPSA) is 3.24 Å². The molecule has 104 valence electrons. The largest absolute Gasteiger partial charge is 0.301 e. The van der Waals surface area contributed by atoms with Crippen LogP contribution in [-0.4, -0.2) is 24.0 Å². The Kier molecular flexibility index (Phi) is 12.4. The van der Waals surface area contributed by atoms with E-state index in [4.69, 9.17) is 0 Å². The average molecular weight is 241 g/mol. The van der Waals surface area contributed by atoms with E-state index in [-0.39, 0.29) is 0 Å². The monoisotopic (exact) mass is 241 g/mol. The molecule has 1 nitrogen and oxygen atoms in total. The summed E-state index contributed by atoms with van der Waals surface area (Å²) in [4.78, 5) is 2.65. The molecule has 0 aliphatic carbocycles. The summed E-state index contributed by atoms with van der Waals surface area (Å²) in [6.07, 6.45) is 12.6. The third kappa shape index (κ3) is 10.8. The van der Waals surface area contributed by atoms with Crippen LogP contribution in [0.1, 0.15) is 85.5 Å². The summed E-state index contributed by atoms with van der Waals surface area (Å²) in [6, 6.07) is 0.724. The Bertz CT molecular complexity index is 142. The van der Waals surface area contributed by atoms with Gasteiger partial charge in [-0.1, -0.05) is 58.8 Å². The molecule has 0 saturated heterocycles. The molecule has 0 spiro atoms. The van der Waals surface area contributed by atoms with Crippen LogP contribution in [0, 0.1) is 0 Å². The minimum absolute atomic E-state index is 0.724. The maximum atomic E-state index is 2.65. The molecule has 0 aliphatic heterocycles. The molecule has 0 N–H and O–H groups in total. The number of nitrogens with zero attached hydrogens (tertiary/aromatic N) is 1. The summed E-state index contributed by atoms with van der Waals surface area (Å²) in [6.45, 7) is 11.8. The van der Waals surface area contributed by atoms with Crippen molar-refractivity contribution in [3.63, 3.8) is 0 Å². The van der Waals surface area contributed by atoms with Gasteiger partial charge in [0, 0.05) is 6.04 Å². The molecule has 0 rings (SSSR count). The van der Waals surface area contributed by atoms with Crippen LogP contribution in [-0.2, 0) is 0 Å². The highest BCUT2D eigenvalue weighted by molar-refractivity contribution is 4.62. The van der Waals surface area contributed by atoms with E-state index < -0.39 is 0 Å². The zero-order chi connectivity index (χ0) is 12.9. The van der Waals surface area contributed by atoms with Gasteiger partial charge >= 0.3 is 0 Å². The van der Waals surface area contributed by atoms with Gasteiger partial charge in [-0.25, -0.2) is 0 Å². The predicted octanol–water partition coefficient (Wildman–Crippen LogP) is 5.25. The highest BCUT2D eigenvalue weighted by Gasteiger charge is 2.07. The van der Waals surface area contributed by atoms with Gasteiger partial charge < -0.3 is 4.90 Å². The first-order valence-electron chi connectivity index (χ1n) is 7.96. The fraction of sp³-hybridized carbons (Fsp3) is 1.00. The van der Waals surface area contributed by atoms with Gasteiger partial charge in [0.2, 0.25) is 0 Å². The molecule has 0 aliphatic rings. The maximum absolute atomic E-state index is 2.65. The summed E-state index contributed by atoms with van der Waals surface area (Å²) in [7, 11) is 0. The van der Waals surface area contributed by atoms with Crippen LogP contribution in [0.4, 0.5) is 0 Å². The molecule has 0 saturated carbocycles. The minimum atomic E-state index is 0.724. The molecule has 0 aromatic rings. The minimum Gasteiger partial charge on any atom is -0.301 e. The Morgan fingerprint density at radius 1 is 0.647 bits per heavy atom. The molecule has 0 bridgehead atoms. The van der Waals surface area contributed by atoms with Gasteiger partial charge in [0.15, 0.2) is 0 Å². The van der Waals surface area contributed by atoms with Crippen molar-refractivity contribution in [2.24, 2.45) is 0 Å². The van der Waals surface area contributed by atoms with Gasteiger partial charge in [-0.3, -0.25) is 0 Å². The lowest BCUT2D eigenvalue weighted by Crippen LogP contribution is -2.32. The molecule has 17 heavy (non-hydrogen) atoms. The van der Waals surface area contributed by atoms with Crippen molar-refractivity contribution in [3.05, 3.63) is 0 Å². The Labute approximate surface area is 110 Å². The third-order valence-electron chi connectivity index (χ3n) is 3.58. The normalized spacial score (nSPS) is 11.6. The highest BCUT2D eigenvalue weighted by atomic mass is 15.1. The van der Waals surface area contributed by atoms with Crippen molar-refractivity contribution in [1.82, 2.24) is 4.90 Å². The van der Waals surface area contributed by atoms with Crippen molar-refractivity contribution in [2.75, 3.05) is 13.1 Å². The standard InChI is InChI=1S/C16H35N/c1-5-7-9-10-11-12-13-15-17(16(3)4)14-8-6-2/h16H,5-15H2,1-4H3. The first kappa shape index (κ1) is 17.0. The van der Waals surface area contributed by atoms with Gasteiger partial charge in [-0.05, 0) is 39.8 Å². The lowest BCUT2D eigenvalue weighted by Gasteiger charge is -2.26. The Hall–Kier alpha value is -0.0400. The number of hydrogen-bond donors (Lipinski definition) is 0. The fourth-order valence-corrected chi connectivity index (χ4v) is 2.26. The van der Waals surface area contributed by atoms with Gasteiger partial charge in [-0.15, -0.1) is 0 Å². The van der Waals surface area contributed by atoms with E-state index in [9.17, 15) is 0 Å². The summed E-state index contributed by atoms with van der Waals surface area (Å²) in [5, 5.41) is 0. The van der Waals surface area contributed by atoms with Gasteiger partial charge in [-0.2, -0.15) is 0 Å². The van der Waals surface area contributed by atoms with E-state index in [1.807, 2.05) is 0 Å². The lowest BCUT2D eigenvalue weighted by molar-refractivity contribution is 0.213. The molecule has 0 aromatic carbocycles. The zero-order valence-corrected chi connectivity index (χ0v) is 12.8. The van der Waals surface area contributed by atoms with E-state index in [2.05, 4.69) is 32.6 Å². The fourth-order valence-electron chi connectivity index (χ4n) is 2.26. The van der Waals surface area contributed by atoms with Crippen LogP contribution in [0.2, 0.25) is 0 Å². The van der Waals surface area contributed by atoms with E-state index in [0.29, 0.717) is 0 Å². The Morgan fingerprint density at radius 3 is 1.65 bits per heavy atom. The van der Waals surface area contributed by atoms with Gasteiger partial charge in [0.25, 0.3) is 0 Å². The van der Waals surface area contributed by atoms with E-state index >= 15 is 0 Å². The molecule has 0 amide bonds. The number of rotatable bonds is 12. The summed E-state index contributed by atoms with van der Waals surface area (Å²) < 4.78 is 0. The van der Waals surface area contributed by atoms with Crippen LogP contribution >= 0.6 is 0 Å². The summed E-state index contributed by atoms with van der Waals surface area (Å²) in [5.74, 6) is 0. The third-order valence-corrected chi connectivity index (χ3v) is 3.58. The van der Waals surface area contributed by atoms with Crippen LogP contribution in [0.3, 0.4) is 0 Å². The molecule has 0 unspecified atom stereocenters. The Morgan fingerprint density at radius 2 is 1.12 bits per heavy atom. The van der Waals surface area contributed by atoms with Crippen molar-refractivity contribution in [3.8, 4) is 0 Å². The molecular weight excluding hydrogens is 206 g/mol. The van der Waals surface area contributed by atoms with Gasteiger partial charge in [0.05, 0.1) is 0 Å². The number of unbranched alkanes of at least 4 members (excludes halogenated alkanes) is 7. The zero-order valence-electron chi connectivity index (χ0n) is 12.8. The van der Waals surface area contributed by atoms with Crippen LogP contribution in [0.5, 0.6) is 0 Å². The molecule has 0 aromatic heterocycles. The SMILES string of the molecule is CCCCCCCCCN(CCCC)C(C)C. The first-order valence-corrected chi connectivity index (χ1v) is 7.96. The number of hydrogen-bond acceptors (Lipinski definition) is 1. The van der Waals surface area contributed by atoms with E-state index in [0.717, 1.165) is 6.04 Å². The van der Waals surface area contributed by atoms with Crippen molar-refractivity contribution >= 4 is 0 Å². The smallest absolute Gasteiger partial charge is 0.00385 e. The maximum Gasteiger partial charge on any atom is 0.00385 e. The second-order valence-electron chi connectivity index (χ2n) is 5.60. The second kappa shape index (κ2) is 12.4. The van der Waals surface area contributed by atoms with Gasteiger partial charge in [0.1, 0.15) is 0 Å². The van der Waals surface area contributed by atoms with Crippen LogP contribution in [0.25, 0.3) is 0 Å². The molecule has 0 fully saturated rings. The molecule has 1 heteroatoms. The van der Waals surface area contributed by atoms with Crippen molar-refractivity contribution in [1.29, 1.82) is 0 Å². The first-order chi connectivity index (χ1) is 8.22. The van der Waals surface area contributed by atoms with E-state index in [1.165, 1.54) is 70.9 Å². The Balaban J connectivity index is 3.41. The summed E-state index contributed by atoms with van der Waals surface area (Å²) in [5.41, 5.74) is 0. The summed E-state index contributed by atoms with van der Waals surface area (Å²) >= 11 is 0. The lowest BCUT2D eigenvalue weighted by atomic mass is 10.1. The molecular formula is C16H35N. The second-order valence-corrected chi connectivity index (χ2v) is 5.60.